The molecule has 0 rings (SSSR count). The van der Waals surface area contributed by atoms with Gasteiger partial charge in [-0.05, 0) is 17.3 Å². The highest BCUT2D eigenvalue weighted by Crippen LogP contribution is 2.35. The van der Waals surface area contributed by atoms with Gasteiger partial charge in [0.25, 0.3) is 0 Å². The number of hydrogen-bond acceptors (Lipinski definition) is 1. The highest BCUT2D eigenvalue weighted by atomic mass is 16.5. The number of hydrogen-bond donors (Lipinski definition) is 0. The summed E-state index contributed by atoms with van der Waals surface area (Å²) in [6.45, 7) is 12.2. The lowest BCUT2D eigenvalue weighted by atomic mass is 9.71. The van der Waals surface area contributed by atoms with Crippen molar-refractivity contribution in [1.82, 2.24) is 0 Å². The quantitative estimate of drug-likeness (QED) is 0.611. The molecular formula is C10H22O. The third kappa shape index (κ3) is 2.48. The third-order valence-electron chi connectivity index (χ3n) is 3.09. The standard InChI is InChI=1S/C10H22O/c1-8(2)10(5,7-11-6)9(3)4/h8-9H,7H2,1-6H3. The highest BCUT2D eigenvalue weighted by molar-refractivity contribution is 4.80. The average Bonchev–Trinajstić information content (AvgIpc) is 1.87. The van der Waals surface area contributed by atoms with E-state index in [0.717, 1.165) is 6.61 Å². The maximum atomic E-state index is 5.23. The van der Waals surface area contributed by atoms with Crippen LogP contribution in [0.5, 0.6) is 0 Å². The summed E-state index contributed by atoms with van der Waals surface area (Å²) in [4.78, 5) is 0. The zero-order valence-electron chi connectivity index (χ0n) is 8.77. The minimum absolute atomic E-state index is 0.328. The van der Waals surface area contributed by atoms with Gasteiger partial charge in [0.1, 0.15) is 0 Å². The lowest BCUT2D eigenvalue weighted by Crippen LogP contribution is -2.34. The highest BCUT2D eigenvalue weighted by Gasteiger charge is 2.31. The molecule has 11 heavy (non-hydrogen) atoms. The Morgan fingerprint density at radius 2 is 1.45 bits per heavy atom. The van der Waals surface area contributed by atoms with Crippen LogP contribution in [0.2, 0.25) is 0 Å². The maximum absolute atomic E-state index is 5.23. The van der Waals surface area contributed by atoms with Gasteiger partial charge in [-0.1, -0.05) is 34.6 Å². The molecule has 0 N–H and O–H groups in total. The van der Waals surface area contributed by atoms with Gasteiger partial charge in [-0.3, -0.25) is 0 Å². The molecule has 0 fully saturated rings. The molecule has 0 heterocycles. The molecule has 0 atom stereocenters. The molecule has 0 bridgehead atoms. The molecule has 0 aromatic heterocycles. The first kappa shape index (κ1) is 11.0. The molecule has 0 aliphatic carbocycles. The number of ether oxygens (including phenoxy) is 1. The van der Waals surface area contributed by atoms with Crippen molar-refractivity contribution in [2.24, 2.45) is 17.3 Å². The summed E-state index contributed by atoms with van der Waals surface area (Å²) >= 11 is 0. The van der Waals surface area contributed by atoms with Gasteiger partial charge in [-0.15, -0.1) is 0 Å². The third-order valence-corrected chi connectivity index (χ3v) is 3.09. The lowest BCUT2D eigenvalue weighted by molar-refractivity contribution is 0.0207. The van der Waals surface area contributed by atoms with Crippen LogP contribution in [0.4, 0.5) is 0 Å². The van der Waals surface area contributed by atoms with E-state index in [1.165, 1.54) is 0 Å². The normalized spacial score (nSPS) is 13.1. The van der Waals surface area contributed by atoms with Crippen molar-refractivity contribution < 1.29 is 4.74 Å². The van der Waals surface area contributed by atoms with Crippen LogP contribution >= 0.6 is 0 Å². The van der Waals surface area contributed by atoms with Crippen molar-refractivity contribution in [3.05, 3.63) is 0 Å². The Hall–Kier alpha value is -0.0400. The van der Waals surface area contributed by atoms with Crippen LogP contribution in [0, 0.1) is 17.3 Å². The molecule has 0 amide bonds. The van der Waals surface area contributed by atoms with Gasteiger partial charge < -0.3 is 4.74 Å². The van der Waals surface area contributed by atoms with Gasteiger partial charge in [-0.2, -0.15) is 0 Å². The molecule has 0 aromatic carbocycles. The van der Waals surface area contributed by atoms with Gasteiger partial charge in [0.15, 0.2) is 0 Å². The first-order valence-corrected chi connectivity index (χ1v) is 4.44. The summed E-state index contributed by atoms with van der Waals surface area (Å²) in [6, 6.07) is 0. The minimum atomic E-state index is 0.328. The fraction of sp³-hybridized carbons (Fsp3) is 1.00. The van der Waals surface area contributed by atoms with Crippen molar-refractivity contribution in [3.63, 3.8) is 0 Å². The summed E-state index contributed by atoms with van der Waals surface area (Å²) in [6.07, 6.45) is 0. The molecule has 1 nitrogen and oxygen atoms in total. The van der Waals surface area contributed by atoms with Gasteiger partial charge >= 0.3 is 0 Å². The molecule has 0 unspecified atom stereocenters. The van der Waals surface area contributed by atoms with E-state index in [-0.39, 0.29) is 0 Å². The Morgan fingerprint density at radius 1 is 1.09 bits per heavy atom. The Labute approximate surface area is 71.1 Å². The average molecular weight is 158 g/mol. The minimum Gasteiger partial charge on any atom is -0.384 e. The van der Waals surface area contributed by atoms with Crippen LogP contribution in [-0.2, 0) is 4.74 Å². The van der Waals surface area contributed by atoms with Crippen molar-refractivity contribution in [2.45, 2.75) is 34.6 Å². The molecule has 0 saturated heterocycles. The SMILES string of the molecule is COCC(C)(C(C)C)C(C)C. The molecule has 0 radical (unpaired) electrons. The Balaban J connectivity index is 4.26. The molecule has 1 heteroatoms. The predicted molar refractivity (Wildman–Crippen MR) is 49.7 cm³/mol. The Bertz CT molecular complexity index is 97.4. The summed E-state index contributed by atoms with van der Waals surface area (Å²) in [5.74, 6) is 1.37. The second-order valence-electron chi connectivity index (χ2n) is 4.25. The largest absolute Gasteiger partial charge is 0.384 e. The monoisotopic (exact) mass is 158 g/mol. The second-order valence-corrected chi connectivity index (χ2v) is 4.25. The van der Waals surface area contributed by atoms with E-state index in [9.17, 15) is 0 Å². The van der Waals surface area contributed by atoms with E-state index in [1.54, 1.807) is 7.11 Å². The fourth-order valence-electron chi connectivity index (χ4n) is 1.31. The van der Waals surface area contributed by atoms with E-state index in [1.807, 2.05) is 0 Å². The fourth-order valence-corrected chi connectivity index (χ4v) is 1.31. The number of rotatable bonds is 4. The zero-order chi connectivity index (χ0) is 9.07. The lowest BCUT2D eigenvalue weighted by Gasteiger charge is -2.37. The maximum Gasteiger partial charge on any atom is 0.0520 e. The molecule has 0 aromatic rings. The van der Waals surface area contributed by atoms with Crippen LogP contribution in [0.25, 0.3) is 0 Å². The van der Waals surface area contributed by atoms with E-state index < -0.39 is 0 Å². The van der Waals surface area contributed by atoms with Gasteiger partial charge in [-0.25, -0.2) is 0 Å². The van der Waals surface area contributed by atoms with E-state index in [0.29, 0.717) is 17.3 Å². The molecule has 0 saturated carbocycles. The smallest absolute Gasteiger partial charge is 0.0520 e. The van der Waals surface area contributed by atoms with E-state index in [2.05, 4.69) is 34.6 Å². The van der Waals surface area contributed by atoms with E-state index >= 15 is 0 Å². The van der Waals surface area contributed by atoms with Crippen LogP contribution in [0.3, 0.4) is 0 Å². The summed E-state index contributed by atoms with van der Waals surface area (Å²) in [7, 11) is 1.78. The Morgan fingerprint density at radius 3 is 1.55 bits per heavy atom. The van der Waals surface area contributed by atoms with Gasteiger partial charge in [0.05, 0.1) is 6.61 Å². The van der Waals surface area contributed by atoms with Crippen molar-refractivity contribution in [1.29, 1.82) is 0 Å². The molecule has 0 aliphatic rings. The van der Waals surface area contributed by atoms with Crippen LogP contribution < -0.4 is 0 Å². The van der Waals surface area contributed by atoms with Crippen LogP contribution in [-0.4, -0.2) is 13.7 Å². The first-order valence-electron chi connectivity index (χ1n) is 4.44. The predicted octanol–water partition coefficient (Wildman–Crippen LogP) is 2.95. The second kappa shape index (κ2) is 4.10. The van der Waals surface area contributed by atoms with E-state index in [4.69, 9.17) is 4.74 Å². The zero-order valence-corrected chi connectivity index (χ0v) is 8.77. The number of methoxy groups -OCH3 is 1. The van der Waals surface area contributed by atoms with Gasteiger partial charge in [0.2, 0.25) is 0 Å². The summed E-state index contributed by atoms with van der Waals surface area (Å²) in [5.41, 5.74) is 0.328. The molecule has 0 spiro atoms. The van der Waals surface area contributed by atoms with Gasteiger partial charge in [0, 0.05) is 7.11 Å². The first-order chi connectivity index (χ1) is 4.95. The molecule has 68 valence electrons. The Kier molecular flexibility index (Phi) is 4.09. The van der Waals surface area contributed by atoms with Crippen LogP contribution in [0.1, 0.15) is 34.6 Å². The molecular weight excluding hydrogens is 136 g/mol. The van der Waals surface area contributed by atoms with Crippen molar-refractivity contribution >= 4 is 0 Å². The summed E-state index contributed by atoms with van der Waals surface area (Å²) in [5, 5.41) is 0. The van der Waals surface area contributed by atoms with Crippen molar-refractivity contribution in [3.8, 4) is 0 Å². The van der Waals surface area contributed by atoms with Crippen LogP contribution in [0.15, 0.2) is 0 Å². The summed E-state index contributed by atoms with van der Waals surface area (Å²) < 4.78 is 5.23. The molecule has 0 aliphatic heterocycles. The topological polar surface area (TPSA) is 9.23 Å². The van der Waals surface area contributed by atoms with Crippen molar-refractivity contribution in [2.75, 3.05) is 13.7 Å².